The lowest BCUT2D eigenvalue weighted by Crippen LogP contribution is -2.13. The summed E-state index contributed by atoms with van der Waals surface area (Å²) in [7, 11) is 0. The van der Waals surface area contributed by atoms with Crippen LogP contribution in [0.5, 0.6) is 0 Å². The maximum atomic E-state index is 11.1. The van der Waals surface area contributed by atoms with Crippen molar-refractivity contribution in [3.05, 3.63) is 23.8 Å². The minimum absolute atomic E-state index is 0.105. The maximum absolute atomic E-state index is 11.1. The Labute approximate surface area is 103 Å². The van der Waals surface area contributed by atoms with E-state index in [1.54, 1.807) is 12.1 Å². The number of rotatable bonds is 3. The predicted octanol–water partition coefficient (Wildman–Crippen LogP) is 2.29. The van der Waals surface area contributed by atoms with Crippen molar-refractivity contribution in [3.63, 3.8) is 0 Å². The van der Waals surface area contributed by atoms with Gasteiger partial charge in [0, 0.05) is 18.3 Å². The second kappa shape index (κ2) is 5.65. The highest BCUT2D eigenvalue weighted by atomic mass is 79.9. The van der Waals surface area contributed by atoms with E-state index in [2.05, 4.69) is 26.6 Å². The molecule has 0 heterocycles. The van der Waals surface area contributed by atoms with Gasteiger partial charge in [-0.3, -0.25) is 9.59 Å². The van der Waals surface area contributed by atoms with Crippen LogP contribution in [-0.2, 0) is 9.59 Å². The van der Waals surface area contributed by atoms with E-state index in [-0.39, 0.29) is 17.1 Å². The molecule has 2 amide bonds. The minimum atomic E-state index is -0.111. The summed E-state index contributed by atoms with van der Waals surface area (Å²) < 4.78 is 0. The molecule has 0 saturated heterocycles. The fourth-order valence-corrected chi connectivity index (χ4v) is 1.41. The van der Waals surface area contributed by atoms with Crippen LogP contribution in [0.3, 0.4) is 0 Å². The average molecular weight is 285 g/mol. The van der Waals surface area contributed by atoms with E-state index < -0.39 is 0 Å². The predicted molar refractivity (Wildman–Crippen MR) is 67.9 cm³/mol. The molecule has 0 aliphatic rings. The Morgan fingerprint density at radius 1 is 1.31 bits per heavy atom. The summed E-state index contributed by atoms with van der Waals surface area (Å²) in [5, 5.41) is 5.68. The van der Waals surface area contributed by atoms with Crippen LogP contribution in [0.25, 0.3) is 0 Å². The quantitative estimate of drug-likeness (QED) is 0.837. The van der Waals surface area contributed by atoms with Crippen LogP contribution in [0.1, 0.15) is 12.5 Å². The fraction of sp³-hybridized carbons (Fsp3) is 0.273. The third-order valence-corrected chi connectivity index (χ3v) is 2.45. The lowest BCUT2D eigenvalue weighted by atomic mass is 10.1. The van der Waals surface area contributed by atoms with Gasteiger partial charge in [-0.25, -0.2) is 0 Å². The van der Waals surface area contributed by atoms with Gasteiger partial charge in [-0.1, -0.05) is 15.9 Å². The molecule has 0 aliphatic carbocycles. The van der Waals surface area contributed by atoms with Crippen molar-refractivity contribution in [1.82, 2.24) is 0 Å². The standard InChI is InChI=1S/C11H13BrN2O2/c1-7-5-9(14-11(16)6-12)3-4-10(7)13-8(2)15/h3-5H,6H2,1-2H3,(H,13,15)(H,14,16). The molecule has 0 fully saturated rings. The summed E-state index contributed by atoms with van der Waals surface area (Å²) in [6.45, 7) is 3.33. The lowest BCUT2D eigenvalue weighted by molar-refractivity contribution is -0.114. The number of halogens is 1. The van der Waals surface area contributed by atoms with E-state index in [0.717, 1.165) is 16.9 Å². The second-order valence-electron chi connectivity index (χ2n) is 3.39. The molecule has 0 saturated carbocycles. The molecule has 0 atom stereocenters. The molecule has 1 aromatic carbocycles. The number of carbonyl (C=O) groups is 2. The highest BCUT2D eigenvalue weighted by Crippen LogP contribution is 2.19. The Kier molecular flexibility index (Phi) is 4.49. The first kappa shape index (κ1) is 12.7. The molecule has 1 aromatic rings. The normalized spacial score (nSPS) is 9.69. The van der Waals surface area contributed by atoms with Crippen LogP contribution in [0, 0.1) is 6.92 Å². The number of benzene rings is 1. The number of aryl methyl sites for hydroxylation is 1. The van der Waals surface area contributed by atoms with E-state index >= 15 is 0 Å². The summed E-state index contributed by atoms with van der Waals surface area (Å²) in [6.07, 6.45) is 0. The summed E-state index contributed by atoms with van der Waals surface area (Å²) >= 11 is 3.07. The van der Waals surface area contributed by atoms with E-state index in [0.29, 0.717) is 0 Å². The molecule has 4 nitrogen and oxygen atoms in total. The second-order valence-corrected chi connectivity index (χ2v) is 3.95. The fourth-order valence-electron chi connectivity index (χ4n) is 1.27. The van der Waals surface area contributed by atoms with E-state index in [4.69, 9.17) is 0 Å². The molecule has 0 unspecified atom stereocenters. The van der Waals surface area contributed by atoms with Gasteiger partial charge in [0.25, 0.3) is 0 Å². The van der Waals surface area contributed by atoms with Crippen LogP contribution in [-0.4, -0.2) is 17.1 Å². The molecular formula is C11H13BrN2O2. The van der Waals surface area contributed by atoms with Gasteiger partial charge in [-0.2, -0.15) is 0 Å². The first-order valence-corrected chi connectivity index (χ1v) is 5.89. The van der Waals surface area contributed by atoms with Gasteiger partial charge in [-0.15, -0.1) is 0 Å². The zero-order chi connectivity index (χ0) is 12.1. The van der Waals surface area contributed by atoms with Crippen molar-refractivity contribution in [2.45, 2.75) is 13.8 Å². The monoisotopic (exact) mass is 284 g/mol. The Balaban J connectivity index is 2.82. The third kappa shape index (κ3) is 3.66. The zero-order valence-corrected chi connectivity index (χ0v) is 10.7. The molecule has 2 N–H and O–H groups in total. The van der Waals surface area contributed by atoms with Gasteiger partial charge < -0.3 is 10.6 Å². The minimum Gasteiger partial charge on any atom is -0.326 e. The highest BCUT2D eigenvalue weighted by molar-refractivity contribution is 9.09. The van der Waals surface area contributed by atoms with Crippen molar-refractivity contribution in [1.29, 1.82) is 0 Å². The molecule has 0 aliphatic heterocycles. The van der Waals surface area contributed by atoms with Crippen molar-refractivity contribution in [3.8, 4) is 0 Å². The Bertz CT molecular complexity index is 418. The summed E-state index contributed by atoms with van der Waals surface area (Å²) in [6, 6.07) is 5.32. The molecular weight excluding hydrogens is 272 g/mol. The summed E-state index contributed by atoms with van der Waals surface area (Å²) in [4.78, 5) is 22.0. The van der Waals surface area contributed by atoms with Gasteiger partial charge in [0.1, 0.15) is 0 Å². The number of alkyl halides is 1. The van der Waals surface area contributed by atoms with Crippen LogP contribution >= 0.6 is 15.9 Å². The Morgan fingerprint density at radius 3 is 2.50 bits per heavy atom. The lowest BCUT2D eigenvalue weighted by Gasteiger charge is -2.09. The number of nitrogens with one attached hydrogen (secondary N) is 2. The number of hydrogen-bond acceptors (Lipinski definition) is 2. The number of carbonyl (C=O) groups excluding carboxylic acids is 2. The zero-order valence-electron chi connectivity index (χ0n) is 9.13. The smallest absolute Gasteiger partial charge is 0.235 e. The first-order chi connectivity index (χ1) is 7.52. The van der Waals surface area contributed by atoms with Crippen LogP contribution in [0.15, 0.2) is 18.2 Å². The van der Waals surface area contributed by atoms with Gasteiger partial charge in [-0.05, 0) is 30.7 Å². The van der Waals surface area contributed by atoms with Crippen LogP contribution in [0.4, 0.5) is 11.4 Å². The van der Waals surface area contributed by atoms with E-state index in [1.165, 1.54) is 6.92 Å². The largest absolute Gasteiger partial charge is 0.326 e. The van der Waals surface area contributed by atoms with Crippen molar-refractivity contribution in [2.24, 2.45) is 0 Å². The van der Waals surface area contributed by atoms with E-state index in [9.17, 15) is 9.59 Å². The molecule has 0 bridgehead atoms. The van der Waals surface area contributed by atoms with Crippen molar-refractivity contribution in [2.75, 3.05) is 16.0 Å². The molecule has 0 aromatic heterocycles. The molecule has 86 valence electrons. The Hall–Kier alpha value is -1.36. The van der Waals surface area contributed by atoms with Crippen molar-refractivity contribution < 1.29 is 9.59 Å². The van der Waals surface area contributed by atoms with Crippen LogP contribution < -0.4 is 10.6 Å². The van der Waals surface area contributed by atoms with Crippen LogP contribution in [0.2, 0.25) is 0 Å². The summed E-state index contributed by atoms with van der Waals surface area (Å²) in [5.74, 6) is -0.216. The molecule has 16 heavy (non-hydrogen) atoms. The maximum Gasteiger partial charge on any atom is 0.235 e. The first-order valence-electron chi connectivity index (χ1n) is 4.77. The SMILES string of the molecule is CC(=O)Nc1ccc(NC(=O)CBr)cc1C. The summed E-state index contributed by atoms with van der Waals surface area (Å²) in [5.41, 5.74) is 2.38. The van der Waals surface area contributed by atoms with Crippen molar-refractivity contribution >= 4 is 39.1 Å². The molecule has 5 heteroatoms. The van der Waals surface area contributed by atoms with E-state index in [1.807, 2.05) is 13.0 Å². The van der Waals surface area contributed by atoms with Gasteiger partial charge in [0.05, 0.1) is 5.33 Å². The highest BCUT2D eigenvalue weighted by Gasteiger charge is 2.03. The van der Waals surface area contributed by atoms with Gasteiger partial charge in [0.15, 0.2) is 0 Å². The number of amides is 2. The third-order valence-electron chi connectivity index (χ3n) is 1.94. The van der Waals surface area contributed by atoms with Gasteiger partial charge in [0.2, 0.25) is 11.8 Å². The topological polar surface area (TPSA) is 58.2 Å². The molecule has 1 rings (SSSR count). The molecule has 0 radical (unpaired) electrons. The Morgan fingerprint density at radius 2 is 2.00 bits per heavy atom. The average Bonchev–Trinajstić information content (AvgIpc) is 2.21. The number of hydrogen-bond donors (Lipinski definition) is 2. The van der Waals surface area contributed by atoms with Gasteiger partial charge >= 0.3 is 0 Å². The number of anilines is 2. The molecule has 0 spiro atoms.